The van der Waals surface area contributed by atoms with Crippen molar-refractivity contribution in [2.45, 2.75) is 0 Å². The van der Waals surface area contributed by atoms with E-state index >= 15 is 0 Å². The van der Waals surface area contributed by atoms with E-state index in [1.165, 1.54) is 24.4 Å². The highest BCUT2D eigenvalue weighted by atomic mass is 19.1. The number of H-pyrrole nitrogens is 1. The van der Waals surface area contributed by atoms with Gasteiger partial charge in [-0.1, -0.05) is 0 Å². The van der Waals surface area contributed by atoms with Gasteiger partial charge in [0.15, 0.2) is 5.82 Å². The van der Waals surface area contributed by atoms with Crippen molar-refractivity contribution in [3.63, 3.8) is 0 Å². The van der Waals surface area contributed by atoms with E-state index in [1.807, 2.05) is 0 Å². The number of nitrogens with two attached hydrogens (primary N) is 1. The van der Waals surface area contributed by atoms with Crippen LogP contribution in [0.3, 0.4) is 0 Å². The van der Waals surface area contributed by atoms with Gasteiger partial charge in [-0.25, -0.2) is 4.39 Å². The van der Waals surface area contributed by atoms with E-state index in [0.717, 1.165) is 0 Å². The number of halogens is 1. The second-order valence-electron chi connectivity index (χ2n) is 2.86. The lowest BCUT2D eigenvalue weighted by atomic mass is 10.2. The number of hydrogen-bond donors (Lipinski definition) is 2. The number of hydrogen-bond acceptors (Lipinski definition) is 3. The van der Waals surface area contributed by atoms with Gasteiger partial charge in [-0.15, -0.1) is 0 Å². The number of carbonyl (C=O) groups excluding carboxylic acids is 1. The minimum absolute atomic E-state index is 0.0845. The third-order valence-electron chi connectivity index (χ3n) is 1.84. The number of nitrogens with one attached hydrogen (secondary N) is 1. The quantitative estimate of drug-likeness (QED) is 0.758. The number of carbonyl (C=O) groups is 1. The topological polar surface area (TPSA) is 84.7 Å². The van der Waals surface area contributed by atoms with E-state index < -0.39 is 11.7 Å². The molecule has 0 aliphatic heterocycles. The van der Waals surface area contributed by atoms with Gasteiger partial charge in [-0.2, -0.15) is 5.10 Å². The monoisotopic (exact) mass is 206 g/mol. The van der Waals surface area contributed by atoms with Crippen LogP contribution in [0.2, 0.25) is 0 Å². The number of aromatic nitrogens is 3. The Balaban J connectivity index is 2.46. The number of primary amides is 1. The fourth-order valence-corrected chi connectivity index (χ4v) is 1.14. The molecule has 0 saturated heterocycles. The zero-order valence-electron chi connectivity index (χ0n) is 7.57. The molecule has 3 N–H and O–H groups in total. The molecule has 15 heavy (non-hydrogen) atoms. The lowest BCUT2D eigenvalue weighted by Crippen LogP contribution is -2.10. The standard InChI is InChI=1S/C9H7FN4O/c10-5-2-1-3-12-8(5)6-4-7(9(11)15)14-13-6/h1-4H,(H2,11,15)(H,13,14). The average Bonchev–Trinajstić information content (AvgIpc) is 2.67. The molecule has 0 radical (unpaired) electrons. The number of pyridine rings is 1. The summed E-state index contributed by atoms with van der Waals surface area (Å²) in [7, 11) is 0. The maximum absolute atomic E-state index is 13.3. The molecule has 0 unspecified atom stereocenters. The fourth-order valence-electron chi connectivity index (χ4n) is 1.14. The van der Waals surface area contributed by atoms with E-state index in [2.05, 4.69) is 15.2 Å². The van der Waals surface area contributed by atoms with Gasteiger partial charge in [0.25, 0.3) is 5.91 Å². The number of rotatable bonds is 2. The molecule has 2 aromatic rings. The molecule has 0 aliphatic carbocycles. The van der Waals surface area contributed by atoms with Gasteiger partial charge >= 0.3 is 0 Å². The zero-order valence-corrected chi connectivity index (χ0v) is 7.57. The van der Waals surface area contributed by atoms with Gasteiger partial charge in [0.05, 0.1) is 0 Å². The van der Waals surface area contributed by atoms with Gasteiger partial charge in [-0.05, 0) is 18.2 Å². The Morgan fingerprint density at radius 2 is 2.33 bits per heavy atom. The van der Waals surface area contributed by atoms with Crippen molar-refractivity contribution in [2.24, 2.45) is 5.73 Å². The summed E-state index contributed by atoms with van der Waals surface area (Å²) in [4.78, 5) is 14.6. The van der Waals surface area contributed by atoms with Crippen molar-refractivity contribution in [2.75, 3.05) is 0 Å². The van der Waals surface area contributed by atoms with Crippen LogP contribution in [0.5, 0.6) is 0 Å². The summed E-state index contributed by atoms with van der Waals surface area (Å²) in [6.07, 6.45) is 1.44. The summed E-state index contributed by atoms with van der Waals surface area (Å²) in [5.41, 5.74) is 5.48. The van der Waals surface area contributed by atoms with Crippen molar-refractivity contribution < 1.29 is 9.18 Å². The Labute approximate surface area is 84.1 Å². The molecule has 6 heteroatoms. The van der Waals surface area contributed by atoms with E-state index in [1.54, 1.807) is 0 Å². The maximum atomic E-state index is 13.3. The molecule has 76 valence electrons. The Bertz CT molecular complexity index is 508. The summed E-state index contributed by atoms with van der Waals surface area (Å²) in [6, 6.07) is 4.09. The first-order valence-electron chi connectivity index (χ1n) is 4.14. The van der Waals surface area contributed by atoms with Gasteiger partial charge in [0, 0.05) is 6.20 Å². The summed E-state index contributed by atoms with van der Waals surface area (Å²) in [6.45, 7) is 0. The number of nitrogens with zero attached hydrogens (tertiary/aromatic N) is 2. The Morgan fingerprint density at radius 3 is 2.93 bits per heavy atom. The summed E-state index contributed by atoms with van der Waals surface area (Å²) in [5, 5.41) is 6.14. The van der Waals surface area contributed by atoms with Crippen molar-refractivity contribution >= 4 is 5.91 Å². The molecule has 0 fully saturated rings. The van der Waals surface area contributed by atoms with Crippen LogP contribution in [0, 0.1) is 5.82 Å². The third-order valence-corrected chi connectivity index (χ3v) is 1.84. The number of aromatic amines is 1. The molecule has 2 aromatic heterocycles. The van der Waals surface area contributed by atoms with Crippen LogP contribution in [0.15, 0.2) is 24.4 Å². The average molecular weight is 206 g/mol. The normalized spacial score (nSPS) is 10.2. The van der Waals surface area contributed by atoms with Crippen molar-refractivity contribution in [3.8, 4) is 11.4 Å². The zero-order chi connectivity index (χ0) is 10.8. The van der Waals surface area contributed by atoms with Crippen LogP contribution < -0.4 is 5.73 Å². The molecular weight excluding hydrogens is 199 g/mol. The molecule has 0 saturated carbocycles. The van der Waals surface area contributed by atoms with Gasteiger partial charge in [0.2, 0.25) is 0 Å². The van der Waals surface area contributed by atoms with Crippen LogP contribution >= 0.6 is 0 Å². The predicted octanol–water partition coefficient (Wildman–Crippen LogP) is 0.710. The van der Waals surface area contributed by atoms with Gasteiger partial charge < -0.3 is 5.73 Å². The molecule has 0 spiro atoms. The molecule has 2 rings (SSSR count). The van der Waals surface area contributed by atoms with Crippen LogP contribution in [0.4, 0.5) is 4.39 Å². The van der Waals surface area contributed by atoms with E-state index in [9.17, 15) is 9.18 Å². The van der Waals surface area contributed by atoms with Crippen molar-refractivity contribution in [3.05, 3.63) is 35.9 Å². The molecule has 0 aromatic carbocycles. The summed E-state index contributed by atoms with van der Waals surface area (Å²) in [5.74, 6) is -1.15. The lowest BCUT2D eigenvalue weighted by Gasteiger charge is -1.95. The van der Waals surface area contributed by atoms with E-state index in [0.29, 0.717) is 0 Å². The highest BCUT2D eigenvalue weighted by molar-refractivity contribution is 5.91. The summed E-state index contributed by atoms with van der Waals surface area (Å²) >= 11 is 0. The Morgan fingerprint density at radius 1 is 1.53 bits per heavy atom. The highest BCUT2D eigenvalue weighted by Gasteiger charge is 2.11. The predicted molar refractivity (Wildman–Crippen MR) is 50.3 cm³/mol. The van der Waals surface area contributed by atoms with Crippen molar-refractivity contribution in [1.82, 2.24) is 15.2 Å². The number of amides is 1. The molecule has 0 aliphatic rings. The highest BCUT2D eigenvalue weighted by Crippen LogP contribution is 2.17. The van der Waals surface area contributed by atoms with Crippen LogP contribution in [0.1, 0.15) is 10.5 Å². The smallest absolute Gasteiger partial charge is 0.266 e. The lowest BCUT2D eigenvalue weighted by molar-refractivity contribution is 0.0995. The summed E-state index contributed by atoms with van der Waals surface area (Å²) < 4.78 is 13.3. The van der Waals surface area contributed by atoms with Gasteiger partial charge in [-0.3, -0.25) is 14.9 Å². The Hall–Kier alpha value is -2.24. The Kier molecular flexibility index (Phi) is 2.17. The third kappa shape index (κ3) is 1.69. The SMILES string of the molecule is NC(=O)c1cc(-c2ncccc2F)n[nH]1. The molecule has 5 nitrogen and oxygen atoms in total. The first-order chi connectivity index (χ1) is 7.18. The van der Waals surface area contributed by atoms with Gasteiger partial charge in [0.1, 0.15) is 17.1 Å². The molecule has 2 heterocycles. The first-order valence-corrected chi connectivity index (χ1v) is 4.14. The minimum Gasteiger partial charge on any atom is -0.364 e. The second-order valence-corrected chi connectivity index (χ2v) is 2.86. The largest absolute Gasteiger partial charge is 0.364 e. The van der Waals surface area contributed by atoms with Crippen molar-refractivity contribution in [1.29, 1.82) is 0 Å². The molecule has 0 atom stereocenters. The van der Waals surface area contributed by atoms with Crippen LogP contribution in [-0.2, 0) is 0 Å². The maximum Gasteiger partial charge on any atom is 0.266 e. The van der Waals surface area contributed by atoms with Crippen LogP contribution in [-0.4, -0.2) is 21.1 Å². The first kappa shape index (κ1) is 9.32. The van der Waals surface area contributed by atoms with Crippen LogP contribution in [0.25, 0.3) is 11.4 Å². The molecular formula is C9H7FN4O. The second kappa shape index (κ2) is 3.49. The molecule has 1 amide bonds. The minimum atomic E-state index is -0.648. The van der Waals surface area contributed by atoms with E-state index in [4.69, 9.17) is 5.73 Å². The fraction of sp³-hybridized carbons (Fsp3) is 0. The molecule has 0 bridgehead atoms. The van der Waals surface area contributed by atoms with E-state index in [-0.39, 0.29) is 17.1 Å².